The van der Waals surface area contributed by atoms with E-state index in [1.807, 2.05) is 6.07 Å². The first kappa shape index (κ1) is 14.8. The third-order valence-electron chi connectivity index (χ3n) is 3.41. The maximum Gasteiger partial charge on any atom is 0.336 e. The molecule has 0 saturated carbocycles. The van der Waals surface area contributed by atoms with Crippen molar-refractivity contribution in [3.05, 3.63) is 46.7 Å². The van der Waals surface area contributed by atoms with Crippen LogP contribution >= 0.6 is 0 Å². The van der Waals surface area contributed by atoms with Crippen LogP contribution in [0.15, 0.2) is 35.5 Å². The molecule has 1 N–H and O–H groups in total. The minimum Gasteiger partial charge on any atom is -0.463 e. The number of hydrogen-bond acceptors (Lipinski definition) is 4. The van der Waals surface area contributed by atoms with Crippen molar-refractivity contribution in [2.75, 3.05) is 6.61 Å². The Morgan fingerprint density at radius 3 is 2.67 bits per heavy atom. The van der Waals surface area contributed by atoms with Crippen LogP contribution in [0.1, 0.15) is 37.3 Å². The highest BCUT2D eigenvalue weighted by atomic mass is 16.5. The van der Waals surface area contributed by atoms with Crippen LogP contribution < -0.4 is 5.32 Å². The van der Waals surface area contributed by atoms with Crippen LogP contribution in [0.4, 0.5) is 0 Å². The molecule has 5 nitrogen and oxygen atoms in total. The third kappa shape index (κ3) is 3.11. The molecule has 0 spiro atoms. The minimum atomic E-state index is -0.413. The maximum atomic E-state index is 12.1. The first-order chi connectivity index (χ1) is 10.1. The Kier molecular flexibility index (Phi) is 4.39. The fourth-order valence-corrected chi connectivity index (χ4v) is 2.45. The molecule has 0 aliphatic carbocycles. The summed E-state index contributed by atoms with van der Waals surface area (Å²) < 4.78 is 5.08. The van der Waals surface area contributed by atoms with E-state index in [1.54, 1.807) is 38.1 Å². The monoisotopic (exact) mass is 284 g/mol. The van der Waals surface area contributed by atoms with E-state index < -0.39 is 5.97 Å². The number of nitrogens with one attached hydrogen (secondary N) is 1. The molecule has 1 atom stereocenters. The number of hydrogen-bond donors (Lipinski definition) is 1. The topological polar surface area (TPSA) is 79.2 Å². The van der Waals surface area contributed by atoms with Crippen molar-refractivity contribution < 1.29 is 14.3 Å². The molecule has 1 aromatic rings. The summed E-state index contributed by atoms with van der Waals surface area (Å²) in [6.07, 6.45) is 0.192. The summed E-state index contributed by atoms with van der Waals surface area (Å²) in [6, 6.07) is 8.95. The van der Waals surface area contributed by atoms with Crippen molar-refractivity contribution in [2.24, 2.45) is 0 Å². The molecule has 0 saturated heterocycles. The van der Waals surface area contributed by atoms with E-state index in [1.165, 1.54) is 0 Å². The van der Waals surface area contributed by atoms with Gasteiger partial charge in [-0.15, -0.1) is 0 Å². The van der Waals surface area contributed by atoms with E-state index in [2.05, 4.69) is 5.32 Å². The van der Waals surface area contributed by atoms with Crippen molar-refractivity contribution in [2.45, 2.75) is 26.2 Å². The second-order valence-electron chi connectivity index (χ2n) is 4.80. The van der Waals surface area contributed by atoms with Crippen molar-refractivity contribution in [3.63, 3.8) is 0 Å². The predicted molar refractivity (Wildman–Crippen MR) is 76.0 cm³/mol. The lowest BCUT2D eigenvalue weighted by atomic mass is 9.84. The number of esters is 1. The van der Waals surface area contributed by atoms with Gasteiger partial charge in [-0.2, -0.15) is 5.26 Å². The van der Waals surface area contributed by atoms with E-state index in [-0.39, 0.29) is 24.9 Å². The summed E-state index contributed by atoms with van der Waals surface area (Å²) in [5.74, 6) is -0.884. The molecule has 1 unspecified atom stereocenters. The average Bonchev–Trinajstić information content (AvgIpc) is 2.46. The molecule has 108 valence electrons. The second-order valence-corrected chi connectivity index (χ2v) is 4.80. The summed E-state index contributed by atoms with van der Waals surface area (Å²) in [4.78, 5) is 23.9. The van der Waals surface area contributed by atoms with Gasteiger partial charge < -0.3 is 10.1 Å². The third-order valence-corrected chi connectivity index (χ3v) is 3.41. The molecule has 1 amide bonds. The smallest absolute Gasteiger partial charge is 0.336 e. The number of nitrogens with zero attached hydrogens (tertiary/aromatic N) is 1. The fraction of sp³-hybridized carbons (Fsp3) is 0.312. The van der Waals surface area contributed by atoms with E-state index >= 15 is 0 Å². The molecule has 2 rings (SSSR count). The molecule has 0 bridgehead atoms. The lowest BCUT2D eigenvalue weighted by molar-refractivity contribution is -0.139. The molecule has 0 radical (unpaired) electrons. The van der Waals surface area contributed by atoms with Crippen LogP contribution in [0.25, 0.3) is 0 Å². The van der Waals surface area contributed by atoms with Crippen LogP contribution in [-0.4, -0.2) is 18.5 Å². The van der Waals surface area contributed by atoms with Gasteiger partial charge in [-0.1, -0.05) is 12.1 Å². The summed E-state index contributed by atoms with van der Waals surface area (Å²) in [6.45, 7) is 3.72. The van der Waals surface area contributed by atoms with Crippen molar-refractivity contribution in [3.8, 4) is 6.07 Å². The van der Waals surface area contributed by atoms with Crippen LogP contribution in [-0.2, 0) is 14.3 Å². The average molecular weight is 284 g/mol. The number of carbonyl (C=O) groups is 2. The van der Waals surface area contributed by atoms with E-state index in [4.69, 9.17) is 10.00 Å². The summed E-state index contributed by atoms with van der Waals surface area (Å²) >= 11 is 0. The maximum absolute atomic E-state index is 12.1. The molecule has 0 aromatic heterocycles. The molecule has 1 heterocycles. The number of nitriles is 1. The van der Waals surface area contributed by atoms with Crippen LogP contribution in [0.3, 0.4) is 0 Å². The quantitative estimate of drug-likeness (QED) is 0.861. The lowest BCUT2D eigenvalue weighted by Gasteiger charge is -2.26. The SMILES string of the molecule is CCOC(=O)C1=C(C)NC(=O)CC1c1ccc(C#N)cc1. The Morgan fingerprint density at radius 2 is 2.10 bits per heavy atom. The zero-order valence-corrected chi connectivity index (χ0v) is 12.0. The molecule has 1 aliphatic heterocycles. The molecule has 1 aliphatic rings. The van der Waals surface area contributed by atoms with Crippen molar-refractivity contribution in [1.29, 1.82) is 5.26 Å². The highest BCUT2D eigenvalue weighted by Crippen LogP contribution is 2.33. The van der Waals surface area contributed by atoms with Crippen molar-refractivity contribution in [1.82, 2.24) is 5.32 Å². The number of amides is 1. The van der Waals surface area contributed by atoms with Gasteiger partial charge in [0.25, 0.3) is 0 Å². The molecular formula is C16H16N2O3. The summed E-state index contributed by atoms with van der Waals surface area (Å²) in [5.41, 5.74) is 2.36. The van der Waals surface area contributed by atoms with E-state index in [0.29, 0.717) is 16.8 Å². The van der Waals surface area contributed by atoms with Gasteiger partial charge in [0.05, 0.1) is 23.8 Å². The van der Waals surface area contributed by atoms with Gasteiger partial charge in [0.2, 0.25) is 5.91 Å². The van der Waals surface area contributed by atoms with Gasteiger partial charge in [0.15, 0.2) is 0 Å². The van der Waals surface area contributed by atoms with Gasteiger partial charge in [-0.25, -0.2) is 4.79 Å². The Balaban J connectivity index is 2.42. The largest absolute Gasteiger partial charge is 0.463 e. The molecule has 5 heteroatoms. The molecule has 21 heavy (non-hydrogen) atoms. The summed E-state index contributed by atoms with van der Waals surface area (Å²) in [5, 5.41) is 11.5. The standard InChI is InChI=1S/C16H16N2O3/c1-3-21-16(20)15-10(2)18-14(19)8-13(15)12-6-4-11(9-17)5-7-12/h4-7,13H,3,8H2,1-2H3,(H,18,19). The van der Waals surface area contributed by atoms with Crippen LogP contribution in [0.5, 0.6) is 0 Å². The first-order valence-corrected chi connectivity index (χ1v) is 6.74. The molecule has 1 aromatic carbocycles. The molecule has 0 fully saturated rings. The normalized spacial score (nSPS) is 18.0. The second kappa shape index (κ2) is 6.23. The minimum absolute atomic E-state index is 0.130. The number of ether oxygens (including phenoxy) is 1. The predicted octanol–water partition coefficient (Wildman–Crippen LogP) is 2.00. The number of allylic oxidation sites excluding steroid dienone is 1. The zero-order valence-electron chi connectivity index (χ0n) is 12.0. The summed E-state index contributed by atoms with van der Waals surface area (Å²) in [7, 11) is 0. The Bertz CT molecular complexity index is 638. The highest BCUT2D eigenvalue weighted by Gasteiger charge is 2.32. The van der Waals surface area contributed by atoms with Crippen LogP contribution in [0, 0.1) is 11.3 Å². The van der Waals surface area contributed by atoms with Gasteiger partial charge in [-0.3, -0.25) is 4.79 Å². The van der Waals surface area contributed by atoms with Crippen LogP contribution in [0.2, 0.25) is 0 Å². The van der Waals surface area contributed by atoms with Gasteiger partial charge in [-0.05, 0) is 31.5 Å². The zero-order chi connectivity index (χ0) is 15.4. The number of benzene rings is 1. The molecular weight excluding hydrogens is 268 g/mol. The number of carbonyl (C=O) groups excluding carboxylic acids is 2. The fourth-order valence-electron chi connectivity index (χ4n) is 2.45. The number of rotatable bonds is 3. The highest BCUT2D eigenvalue weighted by molar-refractivity contribution is 5.95. The Morgan fingerprint density at radius 1 is 1.43 bits per heavy atom. The van der Waals surface area contributed by atoms with Gasteiger partial charge in [0, 0.05) is 18.0 Å². The Hall–Kier alpha value is -2.61. The van der Waals surface area contributed by atoms with E-state index in [9.17, 15) is 9.59 Å². The van der Waals surface area contributed by atoms with Gasteiger partial charge >= 0.3 is 5.97 Å². The first-order valence-electron chi connectivity index (χ1n) is 6.74. The van der Waals surface area contributed by atoms with Gasteiger partial charge in [0.1, 0.15) is 0 Å². The van der Waals surface area contributed by atoms with Crippen molar-refractivity contribution >= 4 is 11.9 Å². The van der Waals surface area contributed by atoms with E-state index in [0.717, 1.165) is 5.56 Å². The Labute approximate surface area is 123 Å². The lowest BCUT2D eigenvalue weighted by Crippen LogP contribution is -2.34.